The Balaban J connectivity index is 2.73. The normalized spacial score (nSPS) is 22.7. The maximum absolute atomic E-state index is 10.9. The van der Waals surface area contributed by atoms with Crippen molar-refractivity contribution in [1.82, 2.24) is 0 Å². The number of hydrogen-bond acceptors (Lipinski definition) is 2. The van der Waals surface area contributed by atoms with Gasteiger partial charge in [-0.25, -0.2) is 0 Å². The summed E-state index contributed by atoms with van der Waals surface area (Å²) in [6.45, 7) is 2.18. The van der Waals surface area contributed by atoms with E-state index in [1.54, 1.807) is 0 Å². The molecule has 0 aromatic rings. The molecular formula is C8H15NO2. The molecule has 0 radical (unpaired) electrons. The number of nitrogens with two attached hydrogens (primary N) is 1. The lowest BCUT2D eigenvalue weighted by Crippen LogP contribution is -2.40. The maximum Gasteiger partial charge on any atom is 0.311 e. The summed E-state index contributed by atoms with van der Waals surface area (Å²) in [5.41, 5.74) is 4.87. The molecule has 0 aromatic heterocycles. The Labute approximate surface area is 66.6 Å². The summed E-state index contributed by atoms with van der Waals surface area (Å²) in [6, 6.07) is 0. The van der Waals surface area contributed by atoms with Crippen molar-refractivity contribution in [3.63, 3.8) is 0 Å². The smallest absolute Gasteiger partial charge is 0.311 e. The average molecular weight is 157 g/mol. The van der Waals surface area contributed by atoms with Crippen LogP contribution in [0.1, 0.15) is 26.2 Å². The summed E-state index contributed by atoms with van der Waals surface area (Å²) in [5, 5.41) is 8.95. The molecule has 0 spiro atoms. The molecule has 0 aliphatic heterocycles. The van der Waals surface area contributed by atoms with Gasteiger partial charge in [0, 0.05) is 6.54 Å². The van der Waals surface area contributed by atoms with E-state index < -0.39 is 11.4 Å². The minimum Gasteiger partial charge on any atom is -0.481 e. The molecule has 0 aromatic carbocycles. The number of aliphatic carboxylic acids is 1. The number of carboxylic acid groups (broad SMARTS) is 1. The van der Waals surface area contributed by atoms with Gasteiger partial charge in [-0.15, -0.1) is 0 Å². The molecule has 0 heterocycles. The summed E-state index contributed by atoms with van der Waals surface area (Å²) in [5.74, 6) is -0.375. The van der Waals surface area contributed by atoms with Crippen LogP contribution in [0.5, 0.6) is 0 Å². The van der Waals surface area contributed by atoms with Crippen LogP contribution in [0, 0.1) is 11.3 Å². The van der Waals surface area contributed by atoms with Gasteiger partial charge in [-0.1, -0.05) is 6.92 Å². The summed E-state index contributed by atoms with van der Waals surface area (Å²) >= 11 is 0. The molecule has 0 saturated heterocycles. The molecule has 0 bridgehead atoms. The van der Waals surface area contributed by atoms with Gasteiger partial charge in [0.1, 0.15) is 0 Å². The van der Waals surface area contributed by atoms with Crippen molar-refractivity contribution in [3.05, 3.63) is 0 Å². The summed E-state index contributed by atoms with van der Waals surface area (Å²) in [6.07, 6.45) is 2.73. The second-order valence-electron chi connectivity index (χ2n) is 3.29. The topological polar surface area (TPSA) is 63.3 Å². The molecule has 3 N–H and O–H groups in total. The molecule has 1 atom stereocenters. The minimum absolute atomic E-state index is 0.281. The van der Waals surface area contributed by atoms with E-state index in [1.807, 2.05) is 6.92 Å². The Hall–Kier alpha value is -0.570. The highest BCUT2D eigenvalue weighted by Crippen LogP contribution is 2.47. The van der Waals surface area contributed by atoms with Crippen molar-refractivity contribution in [1.29, 1.82) is 0 Å². The molecule has 1 rings (SSSR count). The van der Waals surface area contributed by atoms with Crippen molar-refractivity contribution >= 4 is 5.97 Å². The van der Waals surface area contributed by atoms with Gasteiger partial charge < -0.3 is 10.8 Å². The number of hydrogen-bond donors (Lipinski definition) is 2. The first-order valence-corrected chi connectivity index (χ1v) is 4.11. The van der Waals surface area contributed by atoms with Crippen LogP contribution in [0.25, 0.3) is 0 Å². The van der Waals surface area contributed by atoms with Crippen LogP contribution in [-0.4, -0.2) is 17.6 Å². The molecule has 1 aliphatic rings. The molecule has 11 heavy (non-hydrogen) atoms. The van der Waals surface area contributed by atoms with Gasteiger partial charge in [0.25, 0.3) is 0 Å². The van der Waals surface area contributed by atoms with Crippen LogP contribution in [-0.2, 0) is 4.79 Å². The van der Waals surface area contributed by atoms with Crippen molar-refractivity contribution in [3.8, 4) is 0 Å². The van der Waals surface area contributed by atoms with Crippen LogP contribution in [0.3, 0.4) is 0 Å². The summed E-state index contributed by atoms with van der Waals surface area (Å²) < 4.78 is 0. The third-order valence-electron chi connectivity index (χ3n) is 2.78. The predicted octanol–water partition coefficient (Wildman–Crippen LogP) is 0.836. The number of carboxylic acids is 1. The van der Waals surface area contributed by atoms with Crippen LogP contribution < -0.4 is 5.73 Å². The third-order valence-corrected chi connectivity index (χ3v) is 2.78. The van der Waals surface area contributed by atoms with E-state index in [1.165, 1.54) is 0 Å². The largest absolute Gasteiger partial charge is 0.481 e. The zero-order chi connectivity index (χ0) is 8.48. The second kappa shape index (κ2) is 2.81. The van der Waals surface area contributed by atoms with Gasteiger partial charge in [0.05, 0.1) is 5.41 Å². The molecule has 1 fully saturated rings. The molecule has 3 heteroatoms. The monoisotopic (exact) mass is 157 g/mol. The first-order valence-electron chi connectivity index (χ1n) is 4.11. The zero-order valence-electron chi connectivity index (χ0n) is 6.84. The van der Waals surface area contributed by atoms with Gasteiger partial charge >= 0.3 is 5.97 Å². The van der Waals surface area contributed by atoms with Crippen LogP contribution >= 0.6 is 0 Å². The van der Waals surface area contributed by atoms with Crippen molar-refractivity contribution < 1.29 is 9.90 Å². The highest BCUT2D eigenvalue weighted by Gasteiger charge is 2.48. The van der Waals surface area contributed by atoms with E-state index >= 15 is 0 Å². The minimum atomic E-state index is -0.718. The van der Waals surface area contributed by atoms with E-state index in [4.69, 9.17) is 10.8 Å². The van der Waals surface area contributed by atoms with Gasteiger partial charge in [-0.3, -0.25) is 4.79 Å². The van der Waals surface area contributed by atoms with Crippen LogP contribution in [0.15, 0.2) is 0 Å². The molecule has 1 aliphatic carbocycles. The first kappa shape index (κ1) is 8.53. The van der Waals surface area contributed by atoms with Crippen molar-refractivity contribution in [2.45, 2.75) is 26.2 Å². The predicted molar refractivity (Wildman–Crippen MR) is 42.1 cm³/mol. The second-order valence-corrected chi connectivity index (χ2v) is 3.29. The molecule has 1 saturated carbocycles. The Kier molecular flexibility index (Phi) is 2.18. The fourth-order valence-electron chi connectivity index (χ4n) is 1.65. The summed E-state index contributed by atoms with van der Waals surface area (Å²) in [4.78, 5) is 10.9. The highest BCUT2D eigenvalue weighted by atomic mass is 16.4. The van der Waals surface area contributed by atoms with Crippen LogP contribution in [0.4, 0.5) is 0 Å². The van der Waals surface area contributed by atoms with E-state index in [0.717, 1.165) is 12.8 Å². The Bertz CT molecular complexity index is 159. The first-order chi connectivity index (χ1) is 5.17. The summed E-state index contributed by atoms with van der Waals surface area (Å²) in [7, 11) is 0. The van der Waals surface area contributed by atoms with Gasteiger partial charge in [0.2, 0.25) is 0 Å². The third kappa shape index (κ3) is 1.25. The van der Waals surface area contributed by atoms with E-state index in [0.29, 0.717) is 12.3 Å². The average Bonchev–Trinajstić information content (AvgIpc) is 2.74. The maximum atomic E-state index is 10.9. The number of rotatable bonds is 4. The van der Waals surface area contributed by atoms with E-state index in [9.17, 15) is 4.79 Å². The fraction of sp³-hybridized carbons (Fsp3) is 0.875. The van der Waals surface area contributed by atoms with E-state index in [-0.39, 0.29) is 6.54 Å². The van der Waals surface area contributed by atoms with E-state index in [2.05, 4.69) is 0 Å². The van der Waals surface area contributed by atoms with Gasteiger partial charge in [0.15, 0.2) is 0 Å². The zero-order valence-corrected chi connectivity index (χ0v) is 6.84. The fourth-order valence-corrected chi connectivity index (χ4v) is 1.65. The van der Waals surface area contributed by atoms with Gasteiger partial charge in [-0.2, -0.15) is 0 Å². The molecule has 0 amide bonds. The lowest BCUT2D eigenvalue weighted by Gasteiger charge is -2.25. The van der Waals surface area contributed by atoms with Crippen LogP contribution in [0.2, 0.25) is 0 Å². The standard InChI is InChI=1S/C8H15NO2/c1-2-8(5-9,7(10)11)6-3-4-6/h6H,2-5,9H2,1H3,(H,10,11). The van der Waals surface area contributed by atoms with Crippen molar-refractivity contribution in [2.75, 3.05) is 6.54 Å². The Morgan fingerprint density at radius 3 is 2.36 bits per heavy atom. The highest BCUT2D eigenvalue weighted by molar-refractivity contribution is 5.75. The molecule has 1 unspecified atom stereocenters. The van der Waals surface area contributed by atoms with Gasteiger partial charge in [-0.05, 0) is 25.2 Å². The Morgan fingerprint density at radius 2 is 2.27 bits per heavy atom. The Morgan fingerprint density at radius 1 is 1.73 bits per heavy atom. The molecule has 3 nitrogen and oxygen atoms in total. The molecular weight excluding hydrogens is 142 g/mol. The number of carbonyl (C=O) groups is 1. The lowest BCUT2D eigenvalue weighted by molar-refractivity contribution is -0.150. The lowest BCUT2D eigenvalue weighted by atomic mass is 9.80. The van der Waals surface area contributed by atoms with Crippen molar-refractivity contribution in [2.24, 2.45) is 17.1 Å². The molecule has 64 valence electrons. The quantitative estimate of drug-likeness (QED) is 0.635. The SMILES string of the molecule is CCC(CN)(C(=O)O)C1CC1.